The van der Waals surface area contributed by atoms with Gasteiger partial charge in [-0.05, 0) is 18.2 Å². The molecule has 0 atom stereocenters. The molecule has 24 heavy (non-hydrogen) atoms. The van der Waals surface area contributed by atoms with Gasteiger partial charge < -0.3 is 39.5 Å². The van der Waals surface area contributed by atoms with Crippen LogP contribution >= 0.6 is 23.2 Å². The fraction of sp³-hybridized carbons (Fsp3) is 0. The van der Waals surface area contributed by atoms with Crippen molar-refractivity contribution < 1.29 is 21.5 Å². The zero-order valence-electron chi connectivity index (χ0n) is 12.4. The minimum Gasteiger partial charge on any atom is -0.748 e. The van der Waals surface area contributed by atoms with Gasteiger partial charge in [0.1, 0.15) is 0 Å². The van der Waals surface area contributed by atoms with Crippen LogP contribution in [0.4, 0.5) is 0 Å². The van der Waals surface area contributed by atoms with Crippen LogP contribution in [0.5, 0.6) is 0 Å². The molecule has 0 unspecified atom stereocenters. The molecule has 1 heterocycles. The molecular formula is C19H12Cl2FeO2-6. The topological polar surface area (TPSA) is 30.2 Å². The van der Waals surface area contributed by atoms with Crippen molar-refractivity contribution in [2.45, 2.75) is 0 Å². The second-order valence-electron chi connectivity index (χ2n) is 4.88. The molecular weight excluding hydrogens is 387 g/mol. The molecule has 0 radical (unpaired) electrons. The Balaban J connectivity index is 0.000000300. The van der Waals surface area contributed by atoms with E-state index in [4.69, 9.17) is 27.6 Å². The quantitative estimate of drug-likeness (QED) is 0.295. The van der Waals surface area contributed by atoms with Gasteiger partial charge in [0.2, 0.25) is 0 Å². The van der Waals surface area contributed by atoms with Crippen molar-refractivity contribution in [3.8, 4) is 11.3 Å². The second kappa shape index (κ2) is 8.36. The van der Waals surface area contributed by atoms with E-state index in [-0.39, 0.29) is 22.5 Å². The van der Waals surface area contributed by atoms with Crippen molar-refractivity contribution in [2.75, 3.05) is 0 Å². The number of benzene rings is 1. The SMILES string of the molecule is O=c1cc(-[c-]2cccc2)oc2c(Cl)cc(Cl)cc12.[Fe].[cH-]1[cH-][cH-][cH-][cH-]1. The first-order chi connectivity index (χ1) is 11.1. The predicted molar refractivity (Wildman–Crippen MR) is 95.6 cm³/mol. The van der Waals surface area contributed by atoms with Gasteiger partial charge in [-0.2, -0.15) is 12.1 Å². The van der Waals surface area contributed by atoms with Gasteiger partial charge in [0.25, 0.3) is 0 Å². The van der Waals surface area contributed by atoms with Crippen LogP contribution < -0.4 is 5.43 Å². The molecule has 4 aromatic rings. The van der Waals surface area contributed by atoms with E-state index >= 15 is 0 Å². The van der Waals surface area contributed by atoms with Crippen LogP contribution in [0.2, 0.25) is 10.0 Å². The Morgan fingerprint density at radius 3 is 2.08 bits per heavy atom. The molecule has 0 aliphatic rings. The normalized spacial score (nSPS) is 9.92. The van der Waals surface area contributed by atoms with Crippen LogP contribution in [0.25, 0.3) is 22.3 Å². The third-order valence-electron chi connectivity index (χ3n) is 3.25. The first-order valence-corrected chi connectivity index (χ1v) is 7.72. The zero-order chi connectivity index (χ0) is 16.2. The van der Waals surface area contributed by atoms with Gasteiger partial charge in [0.15, 0.2) is 11.0 Å². The monoisotopic (exact) mass is 398 g/mol. The van der Waals surface area contributed by atoms with E-state index < -0.39 is 0 Å². The molecule has 5 heteroatoms. The number of hydrogen-bond donors (Lipinski definition) is 0. The number of rotatable bonds is 1. The van der Waals surface area contributed by atoms with Crippen LogP contribution in [0.3, 0.4) is 0 Å². The fourth-order valence-corrected chi connectivity index (χ4v) is 2.72. The molecule has 128 valence electrons. The third-order valence-corrected chi connectivity index (χ3v) is 3.75. The molecule has 0 N–H and O–H groups in total. The maximum absolute atomic E-state index is 12.0. The fourth-order valence-electron chi connectivity index (χ4n) is 2.18. The molecule has 4 rings (SSSR count). The molecule has 1 aromatic heterocycles. The predicted octanol–water partition coefficient (Wildman–Crippen LogP) is 5.89. The van der Waals surface area contributed by atoms with Crippen molar-refractivity contribution in [3.63, 3.8) is 0 Å². The summed E-state index contributed by atoms with van der Waals surface area (Å²) < 4.78 is 5.68. The van der Waals surface area contributed by atoms with E-state index in [1.165, 1.54) is 6.07 Å². The summed E-state index contributed by atoms with van der Waals surface area (Å²) in [5, 5.41) is 1.15. The smallest absolute Gasteiger partial charge is 0.153 e. The number of halogens is 2. The Morgan fingerprint density at radius 2 is 1.50 bits per heavy atom. The van der Waals surface area contributed by atoms with Gasteiger partial charge >= 0.3 is 0 Å². The molecule has 0 saturated heterocycles. The summed E-state index contributed by atoms with van der Waals surface area (Å²) in [6, 6.07) is 22.1. The van der Waals surface area contributed by atoms with E-state index in [1.807, 2.05) is 54.6 Å². The molecule has 2 nitrogen and oxygen atoms in total. The second-order valence-corrected chi connectivity index (χ2v) is 5.72. The van der Waals surface area contributed by atoms with Crippen LogP contribution in [0.15, 0.2) is 82.0 Å². The van der Waals surface area contributed by atoms with Crippen LogP contribution in [-0.4, -0.2) is 0 Å². The molecule has 0 fully saturated rings. The Morgan fingerprint density at radius 1 is 0.917 bits per heavy atom. The standard InChI is InChI=1S/C14H7Cl2O2.C5H5.Fe/c15-9-5-10-12(17)7-13(8-3-1-2-4-8)18-14(10)11(16)6-9;1-2-4-5-3-1;/h1-7H;1-5H;/q-1;-5;. The van der Waals surface area contributed by atoms with Crippen LogP contribution in [-0.2, 0) is 17.1 Å². The Labute approximate surface area is 159 Å². The van der Waals surface area contributed by atoms with Gasteiger partial charge in [0, 0.05) is 22.1 Å². The van der Waals surface area contributed by atoms with Crippen LogP contribution in [0.1, 0.15) is 0 Å². The summed E-state index contributed by atoms with van der Waals surface area (Å²) in [6.45, 7) is 0. The minimum absolute atomic E-state index is 0. The molecule has 0 spiro atoms. The minimum atomic E-state index is -0.156. The van der Waals surface area contributed by atoms with Crippen LogP contribution in [0, 0.1) is 0 Å². The number of hydrogen-bond acceptors (Lipinski definition) is 2. The maximum atomic E-state index is 12.0. The largest absolute Gasteiger partial charge is 0.748 e. The summed E-state index contributed by atoms with van der Waals surface area (Å²) in [5.41, 5.74) is 1.06. The van der Waals surface area contributed by atoms with E-state index in [0.29, 0.717) is 26.8 Å². The summed E-state index contributed by atoms with van der Waals surface area (Å²) in [5.74, 6) is 0.502. The summed E-state index contributed by atoms with van der Waals surface area (Å²) >= 11 is 11.9. The van der Waals surface area contributed by atoms with E-state index in [2.05, 4.69) is 0 Å². The van der Waals surface area contributed by atoms with Gasteiger partial charge in [-0.3, -0.25) is 0 Å². The average Bonchev–Trinajstić information content (AvgIpc) is 3.24. The summed E-state index contributed by atoms with van der Waals surface area (Å²) in [4.78, 5) is 12.0. The summed E-state index contributed by atoms with van der Waals surface area (Å²) in [7, 11) is 0. The average molecular weight is 399 g/mol. The first kappa shape index (κ1) is 18.6. The van der Waals surface area contributed by atoms with Gasteiger partial charge in [-0.1, -0.05) is 28.8 Å². The Hall–Kier alpha value is -1.77. The molecule has 0 bridgehead atoms. The third kappa shape index (κ3) is 4.19. The zero-order valence-corrected chi connectivity index (χ0v) is 15.0. The Bertz CT molecular complexity index is 938. The van der Waals surface area contributed by atoms with E-state index in [0.717, 1.165) is 5.56 Å². The molecule has 0 amide bonds. The van der Waals surface area contributed by atoms with Gasteiger partial charge in [-0.15, -0.1) is 12.1 Å². The number of fused-ring (bicyclic) bond motifs is 1. The van der Waals surface area contributed by atoms with Crippen molar-refractivity contribution in [1.82, 2.24) is 0 Å². The van der Waals surface area contributed by atoms with Crippen molar-refractivity contribution >= 4 is 34.2 Å². The van der Waals surface area contributed by atoms with Gasteiger partial charge in [0.05, 0.1) is 16.2 Å². The van der Waals surface area contributed by atoms with Gasteiger partial charge in [-0.25, -0.2) is 0 Å². The summed E-state index contributed by atoms with van der Waals surface area (Å²) in [6.07, 6.45) is 0. The molecule has 0 aliphatic carbocycles. The van der Waals surface area contributed by atoms with Crippen molar-refractivity contribution in [2.24, 2.45) is 0 Å². The molecule has 0 saturated carbocycles. The van der Waals surface area contributed by atoms with E-state index in [1.54, 1.807) is 12.1 Å². The van der Waals surface area contributed by atoms with E-state index in [9.17, 15) is 4.79 Å². The Kier molecular flexibility index (Phi) is 6.47. The van der Waals surface area contributed by atoms with Crippen molar-refractivity contribution in [3.05, 3.63) is 93.1 Å². The molecule has 0 aliphatic heterocycles. The maximum Gasteiger partial charge on any atom is 0.153 e. The molecule has 3 aromatic carbocycles. The first-order valence-electron chi connectivity index (χ1n) is 6.97. The van der Waals surface area contributed by atoms with Crippen molar-refractivity contribution in [1.29, 1.82) is 0 Å².